The standard InChI is InChI=1S/C17H34N2P2/c1-13-16(8-9-19(13)15(5,6)7)10-17(20,21)12-18(11-16)14(2,3)4/h1,8-12,20-21H2,2-7H3. The van der Waals surface area contributed by atoms with Gasteiger partial charge in [-0.05, 0) is 54.4 Å². The van der Waals surface area contributed by atoms with Gasteiger partial charge in [0.25, 0.3) is 0 Å². The maximum absolute atomic E-state index is 4.54. The molecule has 122 valence electrons. The molecule has 0 aliphatic carbocycles. The normalized spacial score (nSPS) is 31.2. The number of rotatable bonds is 0. The molecule has 21 heavy (non-hydrogen) atoms. The Hall–Kier alpha value is 0.360. The summed E-state index contributed by atoms with van der Waals surface area (Å²) in [5.74, 6) is 0. The lowest BCUT2D eigenvalue weighted by Crippen LogP contribution is -2.57. The molecule has 2 nitrogen and oxygen atoms in total. The molecule has 2 saturated heterocycles. The van der Waals surface area contributed by atoms with Crippen molar-refractivity contribution < 1.29 is 0 Å². The van der Waals surface area contributed by atoms with Gasteiger partial charge in [0.15, 0.2) is 0 Å². The van der Waals surface area contributed by atoms with Crippen LogP contribution in [0.25, 0.3) is 0 Å². The number of likely N-dealkylation sites (tertiary alicyclic amines) is 2. The van der Waals surface area contributed by atoms with E-state index in [4.69, 9.17) is 0 Å². The van der Waals surface area contributed by atoms with Gasteiger partial charge >= 0.3 is 0 Å². The Bertz CT molecular complexity index is 431. The van der Waals surface area contributed by atoms with Crippen LogP contribution in [0.15, 0.2) is 12.3 Å². The zero-order valence-corrected chi connectivity index (χ0v) is 17.1. The summed E-state index contributed by atoms with van der Waals surface area (Å²) in [4.78, 5) is 5.38. The van der Waals surface area contributed by atoms with E-state index in [1.54, 1.807) is 0 Å². The van der Waals surface area contributed by atoms with Gasteiger partial charge in [-0.25, -0.2) is 0 Å². The van der Waals surface area contributed by atoms with E-state index in [2.05, 4.69) is 76.4 Å². The van der Waals surface area contributed by atoms with Gasteiger partial charge in [0.05, 0.1) is 0 Å². The topological polar surface area (TPSA) is 6.48 Å². The smallest absolute Gasteiger partial charge is 0.0315 e. The molecule has 2 rings (SSSR count). The molecule has 2 fully saturated rings. The van der Waals surface area contributed by atoms with Crippen LogP contribution in [0.2, 0.25) is 0 Å². The third kappa shape index (κ3) is 3.49. The lowest BCUT2D eigenvalue weighted by atomic mass is 9.75. The van der Waals surface area contributed by atoms with Crippen molar-refractivity contribution in [2.45, 2.75) is 70.4 Å². The Kier molecular flexibility index (Phi) is 4.37. The monoisotopic (exact) mass is 328 g/mol. The highest BCUT2D eigenvalue weighted by Crippen LogP contribution is 2.55. The lowest BCUT2D eigenvalue weighted by Gasteiger charge is -2.53. The van der Waals surface area contributed by atoms with Crippen molar-refractivity contribution in [3.8, 4) is 0 Å². The van der Waals surface area contributed by atoms with Gasteiger partial charge in [0.1, 0.15) is 0 Å². The highest BCUT2D eigenvalue weighted by Gasteiger charge is 2.52. The predicted octanol–water partition coefficient (Wildman–Crippen LogP) is 3.94. The predicted molar refractivity (Wildman–Crippen MR) is 101 cm³/mol. The van der Waals surface area contributed by atoms with Crippen LogP contribution in [-0.4, -0.2) is 45.4 Å². The summed E-state index contributed by atoms with van der Waals surface area (Å²) in [5, 5.41) is 0. The lowest BCUT2D eigenvalue weighted by molar-refractivity contribution is 0.0401. The van der Waals surface area contributed by atoms with Gasteiger partial charge in [-0.2, -0.15) is 0 Å². The van der Waals surface area contributed by atoms with Crippen molar-refractivity contribution in [1.82, 2.24) is 9.80 Å². The first-order valence-corrected chi connectivity index (χ1v) is 9.22. The van der Waals surface area contributed by atoms with Crippen molar-refractivity contribution in [3.05, 3.63) is 12.3 Å². The second-order valence-corrected chi connectivity index (χ2v) is 12.2. The van der Waals surface area contributed by atoms with Crippen LogP contribution in [0.1, 0.15) is 54.4 Å². The van der Waals surface area contributed by atoms with E-state index in [9.17, 15) is 0 Å². The zero-order chi connectivity index (χ0) is 16.3. The maximum Gasteiger partial charge on any atom is 0.0315 e. The molecule has 0 N–H and O–H groups in total. The number of piperidine rings is 1. The van der Waals surface area contributed by atoms with Crippen LogP contribution in [0, 0.1) is 5.41 Å². The molecule has 2 heterocycles. The molecule has 1 spiro atoms. The summed E-state index contributed by atoms with van der Waals surface area (Å²) >= 11 is 0. The summed E-state index contributed by atoms with van der Waals surface area (Å²) < 4.78 is 0. The molecule has 0 bridgehead atoms. The van der Waals surface area contributed by atoms with Crippen LogP contribution >= 0.6 is 18.5 Å². The molecule has 3 unspecified atom stereocenters. The highest BCUT2D eigenvalue weighted by atomic mass is 31.1. The Morgan fingerprint density at radius 1 is 1.00 bits per heavy atom. The Morgan fingerprint density at radius 2 is 1.57 bits per heavy atom. The number of hydrogen-bond acceptors (Lipinski definition) is 2. The fraction of sp³-hybridized carbons (Fsp3) is 0.882. The minimum absolute atomic E-state index is 0.176. The largest absolute Gasteiger partial charge is 0.370 e. The van der Waals surface area contributed by atoms with Crippen LogP contribution in [0.3, 0.4) is 0 Å². The van der Waals surface area contributed by atoms with Crippen LogP contribution in [0.5, 0.6) is 0 Å². The van der Waals surface area contributed by atoms with Crippen molar-refractivity contribution in [1.29, 1.82) is 0 Å². The van der Waals surface area contributed by atoms with E-state index in [0.29, 0.717) is 0 Å². The van der Waals surface area contributed by atoms with E-state index in [1.807, 2.05) is 0 Å². The minimum atomic E-state index is 0.176. The number of nitrogens with zero attached hydrogens (tertiary/aromatic N) is 2. The number of hydrogen-bond donors (Lipinski definition) is 0. The van der Waals surface area contributed by atoms with Crippen molar-refractivity contribution in [2.75, 3.05) is 19.6 Å². The average Bonchev–Trinajstić information content (AvgIpc) is 2.52. The zero-order valence-electron chi connectivity index (χ0n) is 14.8. The molecule has 4 heteroatoms. The van der Waals surface area contributed by atoms with Crippen molar-refractivity contribution >= 4 is 18.5 Å². The Balaban J connectivity index is 2.32. The maximum atomic E-state index is 4.54. The fourth-order valence-electron chi connectivity index (χ4n) is 3.99. The Morgan fingerprint density at radius 3 is 2.00 bits per heavy atom. The summed E-state index contributed by atoms with van der Waals surface area (Å²) in [5.41, 5.74) is 1.98. The van der Waals surface area contributed by atoms with Crippen LogP contribution < -0.4 is 0 Å². The van der Waals surface area contributed by atoms with Crippen molar-refractivity contribution in [2.24, 2.45) is 5.41 Å². The Labute approximate surface area is 136 Å². The van der Waals surface area contributed by atoms with Crippen molar-refractivity contribution in [3.63, 3.8) is 0 Å². The van der Waals surface area contributed by atoms with E-state index < -0.39 is 0 Å². The third-order valence-corrected chi connectivity index (χ3v) is 5.93. The first-order chi connectivity index (χ1) is 9.27. The first-order valence-electron chi connectivity index (χ1n) is 8.07. The molecule has 0 radical (unpaired) electrons. The van der Waals surface area contributed by atoms with Crippen LogP contribution in [0.4, 0.5) is 0 Å². The summed E-state index contributed by atoms with van der Waals surface area (Å²) in [7, 11) is 6.19. The molecule has 3 atom stereocenters. The van der Waals surface area contributed by atoms with E-state index in [1.165, 1.54) is 18.5 Å². The average molecular weight is 328 g/mol. The van der Waals surface area contributed by atoms with Crippen LogP contribution in [-0.2, 0) is 0 Å². The fourth-order valence-corrected chi connectivity index (χ4v) is 5.21. The molecular weight excluding hydrogens is 294 g/mol. The molecule has 0 aromatic rings. The quantitative estimate of drug-likeness (QED) is 0.622. The molecule has 0 aromatic heterocycles. The SMILES string of the molecule is C=C1N(C(C)(C)C)CCC12CN(C(C)(C)C)CC(P)(P)C2. The van der Waals surface area contributed by atoms with Gasteiger partial charge in [-0.3, -0.25) is 4.90 Å². The second-order valence-electron chi connectivity index (χ2n) is 9.24. The summed E-state index contributed by atoms with van der Waals surface area (Å²) in [6.45, 7) is 21.8. The van der Waals surface area contributed by atoms with E-state index >= 15 is 0 Å². The molecular formula is C17H34N2P2. The van der Waals surface area contributed by atoms with Gasteiger partial charge in [-0.1, -0.05) is 6.58 Å². The van der Waals surface area contributed by atoms with Gasteiger partial charge in [-0.15, -0.1) is 18.5 Å². The van der Waals surface area contributed by atoms with E-state index in [0.717, 1.165) is 19.6 Å². The molecule has 2 aliphatic rings. The molecule has 0 amide bonds. The molecule has 0 saturated carbocycles. The second kappa shape index (κ2) is 5.19. The first kappa shape index (κ1) is 17.7. The molecule has 0 aromatic carbocycles. The third-order valence-electron chi connectivity index (χ3n) is 5.16. The van der Waals surface area contributed by atoms with Gasteiger partial charge in [0.2, 0.25) is 0 Å². The van der Waals surface area contributed by atoms with Gasteiger partial charge in [0, 0.05) is 46.7 Å². The molecule has 2 aliphatic heterocycles. The van der Waals surface area contributed by atoms with E-state index in [-0.39, 0.29) is 21.4 Å². The highest BCUT2D eigenvalue weighted by molar-refractivity contribution is 7.40. The minimum Gasteiger partial charge on any atom is -0.370 e. The summed E-state index contributed by atoms with van der Waals surface area (Å²) in [6.07, 6.45) is 2.44. The van der Waals surface area contributed by atoms with Gasteiger partial charge < -0.3 is 4.90 Å². The summed E-state index contributed by atoms with van der Waals surface area (Å²) in [6, 6.07) is 0.